The number of carbonyl (C=O) groups excluding carboxylic acids is 2. The number of alkyl halides is 3. The molecule has 1 aliphatic rings. The third-order valence-corrected chi connectivity index (χ3v) is 6.22. The summed E-state index contributed by atoms with van der Waals surface area (Å²) in [4.78, 5) is 36.7. The van der Waals surface area contributed by atoms with Crippen molar-refractivity contribution in [1.82, 2.24) is 4.90 Å². The van der Waals surface area contributed by atoms with Crippen LogP contribution in [-0.2, 0) is 17.5 Å². The van der Waals surface area contributed by atoms with Crippen LogP contribution in [0.15, 0.2) is 65.6 Å². The minimum absolute atomic E-state index is 0.0306. The Kier molecular flexibility index (Phi) is 7.39. The Morgan fingerprint density at radius 3 is 2.32 bits per heavy atom. The highest BCUT2D eigenvalue weighted by atomic mass is 32.2. The predicted octanol–water partition coefficient (Wildman–Crippen LogP) is 6.79. The smallest absolute Gasteiger partial charge is 0.416 e. The Morgan fingerprint density at radius 1 is 1.00 bits per heavy atom. The number of nitro benzene ring substituents is 1. The summed E-state index contributed by atoms with van der Waals surface area (Å²) in [6.45, 7) is -0.0374. The topological polar surface area (TPSA) is 99.0 Å². The molecule has 4 rings (SSSR count). The van der Waals surface area contributed by atoms with Crippen molar-refractivity contribution in [2.24, 2.45) is 0 Å². The van der Waals surface area contributed by atoms with Crippen LogP contribution < -0.4 is 9.47 Å². The van der Waals surface area contributed by atoms with Crippen LogP contribution in [0.1, 0.15) is 16.7 Å². The maximum atomic E-state index is 13.1. The maximum Gasteiger partial charge on any atom is 0.416 e. The number of nitro groups is 1. The lowest BCUT2D eigenvalue weighted by molar-refractivity contribution is -0.385. The first-order valence-electron chi connectivity index (χ1n) is 10.7. The minimum atomic E-state index is -4.78. The van der Waals surface area contributed by atoms with Gasteiger partial charge in [0.25, 0.3) is 11.1 Å². The first-order valence-corrected chi connectivity index (χ1v) is 11.5. The zero-order valence-corrected chi connectivity index (χ0v) is 20.1. The molecule has 2 amide bonds. The SMILES string of the molecule is COc1cc(/C=C2/SC(=O)N(Cc3ccc(F)cc3)C2=O)ccc1Oc1ccc(C(F)(F)F)cc1[N+](=O)[O-]. The Hall–Kier alpha value is -4.39. The summed E-state index contributed by atoms with van der Waals surface area (Å²) in [5.74, 6) is -1.40. The van der Waals surface area contributed by atoms with Crippen molar-refractivity contribution in [1.29, 1.82) is 0 Å². The monoisotopic (exact) mass is 548 g/mol. The second-order valence-corrected chi connectivity index (χ2v) is 8.84. The summed E-state index contributed by atoms with van der Waals surface area (Å²) >= 11 is 0.713. The van der Waals surface area contributed by atoms with Crippen LogP contribution in [0.2, 0.25) is 0 Å². The fourth-order valence-corrected chi connectivity index (χ4v) is 4.30. The molecule has 38 heavy (non-hydrogen) atoms. The van der Waals surface area contributed by atoms with Crippen LogP contribution >= 0.6 is 11.8 Å². The number of rotatable bonds is 7. The van der Waals surface area contributed by atoms with Crippen LogP contribution in [0.25, 0.3) is 6.08 Å². The van der Waals surface area contributed by atoms with Crippen molar-refractivity contribution >= 4 is 34.7 Å². The second kappa shape index (κ2) is 10.5. The highest BCUT2D eigenvalue weighted by molar-refractivity contribution is 8.18. The minimum Gasteiger partial charge on any atom is -0.493 e. The molecule has 1 heterocycles. The fourth-order valence-electron chi connectivity index (χ4n) is 3.46. The van der Waals surface area contributed by atoms with Gasteiger partial charge in [0.2, 0.25) is 5.75 Å². The Morgan fingerprint density at radius 2 is 1.68 bits per heavy atom. The molecule has 8 nitrogen and oxygen atoms in total. The van der Waals surface area contributed by atoms with Crippen molar-refractivity contribution in [2.45, 2.75) is 12.7 Å². The molecule has 0 atom stereocenters. The molecular weight excluding hydrogens is 532 g/mol. The van der Waals surface area contributed by atoms with Gasteiger partial charge in [-0.25, -0.2) is 4.39 Å². The standard InChI is InChI=1S/C25H16F4N2O6S/c1-36-21-10-15(11-22-23(32)30(24(33)38-22)13-14-2-6-17(26)7-3-14)4-8-20(21)37-19-9-5-16(25(27,28)29)12-18(19)31(34)35/h2-12H,13H2,1H3/b22-11+. The quantitative estimate of drug-likeness (QED) is 0.139. The van der Waals surface area contributed by atoms with E-state index in [4.69, 9.17) is 9.47 Å². The lowest BCUT2D eigenvalue weighted by Gasteiger charge is -2.13. The molecule has 0 radical (unpaired) electrons. The number of halogens is 4. The van der Waals surface area contributed by atoms with E-state index in [2.05, 4.69) is 0 Å². The highest BCUT2D eigenvalue weighted by Gasteiger charge is 2.35. The number of amides is 2. The van der Waals surface area contributed by atoms with E-state index >= 15 is 0 Å². The highest BCUT2D eigenvalue weighted by Crippen LogP contribution is 2.41. The van der Waals surface area contributed by atoms with Gasteiger partial charge in [-0.05, 0) is 65.4 Å². The van der Waals surface area contributed by atoms with Gasteiger partial charge in [-0.15, -0.1) is 0 Å². The van der Waals surface area contributed by atoms with Gasteiger partial charge < -0.3 is 9.47 Å². The average molecular weight is 548 g/mol. The molecule has 1 aliphatic heterocycles. The number of hydrogen-bond donors (Lipinski definition) is 0. The summed E-state index contributed by atoms with van der Waals surface area (Å²) in [6.07, 6.45) is -3.34. The van der Waals surface area contributed by atoms with Crippen LogP contribution in [-0.4, -0.2) is 28.1 Å². The van der Waals surface area contributed by atoms with Crippen LogP contribution in [0.5, 0.6) is 17.2 Å². The molecule has 1 fully saturated rings. The van der Waals surface area contributed by atoms with Crippen LogP contribution in [0.3, 0.4) is 0 Å². The number of imide groups is 1. The second-order valence-electron chi connectivity index (χ2n) is 7.84. The molecular formula is C25H16F4N2O6S. The number of nitrogens with zero attached hydrogens (tertiary/aromatic N) is 2. The summed E-state index contributed by atoms with van der Waals surface area (Å²) in [5.41, 5.74) is -1.10. The number of carbonyl (C=O) groups is 2. The number of benzene rings is 3. The molecule has 3 aromatic carbocycles. The van der Waals surface area contributed by atoms with Gasteiger partial charge in [0, 0.05) is 6.07 Å². The van der Waals surface area contributed by atoms with Crippen molar-refractivity contribution in [3.63, 3.8) is 0 Å². The molecule has 0 aromatic heterocycles. The van der Waals surface area contributed by atoms with Crippen molar-refractivity contribution in [3.8, 4) is 17.2 Å². The van der Waals surface area contributed by atoms with E-state index in [1.165, 1.54) is 55.7 Å². The molecule has 0 N–H and O–H groups in total. The first kappa shape index (κ1) is 26.7. The molecule has 0 bridgehead atoms. The van der Waals surface area contributed by atoms with Gasteiger partial charge in [0.1, 0.15) is 5.82 Å². The van der Waals surface area contributed by atoms with E-state index in [-0.39, 0.29) is 22.9 Å². The Bertz CT molecular complexity index is 1460. The largest absolute Gasteiger partial charge is 0.493 e. The summed E-state index contributed by atoms with van der Waals surface area (Å²) in [6, 6.07) is 11.5. The molecule has 0 saturated carbocycles. The van der Waals surface area contributed by atoms with Crippen molar-refractivity contribution in [3.05, 3.63) is 98.2 Å². The summed E-state index contributed by atoms with van der Waals surface area (Å²) < 4.78 is 62.8. The van der Waals surface area contributed by atoms with E-state index in [1.54, 1.807) is 0 Å². The van der Waals surface area contributed by atoms with Gasteiger partial charge >= 0.3 is 11.9 Å². The van der Waals surface area contributed by atoms with E-state index in [1.807, 2.05) is 0 Å². The normalized spacial score (nSPS) is 14.8. The molecule has 0 unspecified atom stereocenters. The number of ether oxygens (including phenoxy) is 2. The molecule has 3 aromatic rings. The van der Waals surface area contributed by atoms with E-state index in [0.717, 1.165) is 11.0 Å². The number of methoxy groups -OCH3 is 1. The third kappa shape index (κ3) is 5.78. The predicted molar refractivity (Wildman–Crippen MR) is 129 cm³/mol. The van der Waals surface area contributed by atoms with Gasteiger partial charge in [-0.1, -0.05) is 18.2 Å². The van der Waals surface area contributed by atoms with Gasteiger partial charge in [0.15, 0.2) is 11.5 Å². The third-order valence-electron chi connectivity index (χ3n) is 5.32. The van der Waals surface area contributed by atoms with Crippen LogP contribution in [0, 0.1) is 15.9 Å². The summed E-state index contributed by atoms with van der Waals surface area (Å²) in [7, 11) is 1.28. The Labute approximate surface area is 216 Å². The lowest BCUT2D eigenvalue weighted by atomic mass is 10.1. The van der Waals surface area contributed by atoms with Crippen LogP contribution in [0.4, 0.5) is 28.0 Å². The van der Waals surface area contributed by atoms with Gasteiger partial charge in [0.05, 0.1) is 29.0 Å². The maximum absolute atomic E-state index is 13.1. The van der Waals surface area contributed by atoms with Gasteiger partial charge in [-0.3, -0.25) is 24.6 Å². The van der Waals surface area contributed by atoms with E-state index in [9.17, 15) is 37.3 Å². The fraction of sp³-hybridized carbons (Fsp3) is 0.120. The number of thioether (sulfide) groups is 1. The van der Waals surface area contributed by atoms with E-state index < -0.39 is 45.1 Å². The summed E-state index contributed by atoms with van der Waals surface area (Å²) in [5, 5.41) is 10.8. The van der Waals surface area contributed by atoms with Crippen molar-refractivity contribution < 1.29 is 41.5 Å². The van der Waals surface area contributed by atoms with Crippen molar-refractivity contribution in [2.75, 3.05) is 7.11 Å². The zero-order valence-electron chi connectivity index (χ0n) is 19.3. The zero-order chi connectivity index (χ0) is 27.6. The molecule has 196 valence electrons. The average Bonchev–Trinajstić information content (AvgIpc) is 3.12. The molecule has 0 aliphatic carbocycles. The number of hydrogen-bond acceptors (Lipinski definition) is 7. The van der Waals surface area contributed by atoms with Gasteiger partial charge in [-0.2, -0.15) is 13.2 Å². The molecule has 13 heteroatoms. The molecule has 1 saturated heterocycles. The molecule has 0 spiro atoms. The van der Waals surface area contributed by atoms with E-state index in [0.29, 0.717) is 35.0 Å². The Balaban J connectivity index is 1.57. The first-order chi connectivity index (χ1) is 18.0. The lowest BCUT2D eigenvalue weighted by Crippen LogP contribution is -2.27.